The molecule has 1 amide bonds. The van der Waals surface area contributed by atoms with Gasteiger partial charge in [0.2, 0.25) is 0 Å². The van der Waals surface area contributed by atoms with E-state index < -0.39 is 17.6 Å². The molecule has 0 radical (unpaired) electrons. The Morgan fingerprint density at radius 2 is 2.00 bits per heavy atom. The van der Waals surface area contributed by atoms with Crippen LogP contribution in [0.15, 0.2) is 22.7 Å². The van der Waals surface area contributed by atoms with E-state index >= 15 is 0 Å². The first-order chi connectivity index (χ1) is 8.73. The summed E-state index contributed by atoms with van der Waals surface area (Å²) in [5.74, 6) is -0.735. The van der Waals surface area contributed by atoms with Crippen LogP contribution in [-0.2, 0) is 6.18 Å². The smallest absolute Gasteiger partial charge is 0.351 e. The minimum atomic E-state index is -4.56. The van der Waals surface area contributed by atoms with E-state index in [1.54, 1.807) is 0 Å². The number of likely N-dealkylation sites (N-methyl/N-ethyl adjacent to an activating group) is 1. The molecule has 106 valence electrons. The number of alkyl halides is 3. The number of carbonyl (C=O) groups excluding carboxylic acids is 1. The molecule has 0 saturated carbocycles. The normalized spacial score (nSPS) is 11.7. The summed E-state index contributed by atoms with van der Waals surface area (Å²) in [6.07, 6.45) is -4.56. The monoisotopic (exact) mass is 338 g/mol. The molecule has 1 aromatic carbocycles. The fourth-order valence-corrected chi connectivity index (χ4v) is 2.02. The quantitative estimate of drug-likeness (QED) is 0.915. The molecule has 0 atom stereocenters. The first-order valence-corrected chi connectivity index (χ1v) is 6.31. The SMILES string of the molecule is CN(C)CCNC(=O)c1c(Br)cccc1C(F)(F)F. The Morgan fingerprint density at radius 3 is 2.53 bits per heavy atom. The summed E-state index contributed by atoms with van der Waals surface area (Å²) in [5, 5.41) is 2.47. The highest BCUT2D eigenvalue weighted by atomic mass is 79.9. The van der Waals surface area contributed by atoms with Crippen LogP contribution in [0.25, 0.3) is 0 Å². The third-order valence-electron chi connectivity index (χ3n) is 2.39. The molecule has 0 aliphatic rings. The molecule has 3 nitrogen and oxygen atoms in total. The lowest BCUT2D eigenvalue weighted by molar-refractivity contribution is -0.138. The largest absolute Gasteiger partial charge is 0.417 e. The van der Waals surface area contributed by atoms with Gasteiger partial charge in [-0.25, -0.2) is 0 Å². The second-order valence-electron chi connectivity index (χ2n) is 4.22. The van der Waals surface area contributed by atoms with E-state index in [0.717, 1.165) is 6.07 Å². The van der Waals surface area contributed by atoms with Gasteiger partial charge in [-0.2, -0.15) is 13.2 Å². The zero-order valence-corrected chi connectivity index (χ0v) is 12.1. The van der Waals surface area contributed by atoms with Crippen LogP contribution in [0.3, 0.4) is 0 Å². The molecule has 0 fully saturated rings. The van der Waals surface area contributed by atoms with E-state index in [2.05, 4.69) is 21.2 Å². The minimum absolute atomic E-state index is 0.129. The number of rotatable bonds is 4. The molecule has 1 aromatic rings. The highest BCUT2D eigenvalue weighted by Gasteiger charge is 2.36. The fraction of sp³-hybridized carbons (Fsp3) is 0.417. The fourth-order valence-electron chi connectivity index (χ4n) is 1.47. The Kier molecular flexibility index (Phi) is 5.37. The molecule has 7 heteroatoms. The minimum Gasteiger partial charge on any atom is -0.351 e. The molecule has 1 N–H and O–H groups in total. The maximum Gasteiger partial charge on any atom is 0.417 e. The number of carbonyl (C=O) groups is 1. The Labute approximate surface area is 117 Å². The summed E-state index contributed by atoms with van der Waals surface area (Å²) in [6.45, 7) is 0.835. The van der Waals surface area contributed by atoms with Crippen molar-refractivity contribution in [3.8, 4) is 0 Å². The molecule has 0 aliphatic carbocycles. The Hall–Kier alpha value is -1.08. The maximum absolute atomic E-state index is 12.8. The second kappa shape index (κ2) is 6.38. The second-order valence-corrected chi connectivity index (χ2v) is 5.07. The molecule has 0 heterocycles. The number of nitrogens with zero attached hydrogens (tertiary/aromatic N) is 1. The molecular formula is C12H14BrF3N2O. The van der Waals surface area contributed by atoms with Gasteiger partial charge in [-0.1, -0.05) is 6.07 Å². The summed E-state index contributed by atoms with van der Waals surface area (Å²) in [5.41, 5.74) is -1.32. The highest BCUT2D eigenvalue weighted by molar-refractivity contribution is 9.10. The van der Waals surface area contributed by atoms with E-state index in [9.17, 15) is 18.0 Å². The van der Waals surface area contributed by atoms with Crippen LogP contribution in [0.4, 0.5) is 13.2 Å². The van der Waals surface area contributed by atoms with Gasteiger partial charge in [0.05, 0.1) is 11.1 Å². The number of hydrogen-bond donors (Lipinski definition) is 1. The van der Waals surface area contributed by atoms with Crippen LogP contribution in [0, 0.1) is 0 Å². The Bertz CT molecular complexity index is 461. The highest BCUT2D eigenvalue weighted by Crippen LogP contribution is 2.34. The summed E-state index contributed by atoms with van der Waals surface area (Å²) < 4.78 is 38.6. The van der Waals surface area contributed by atoms with Crippen LogP contribution in [0.5, 0.6) is 0 Å². The van der Waals surface area contributed by atoms with Crippen molar-refractivity contribution in [1.82, 2.24) is 10.2 Å². The first kappa shape index (κ1) is 16.0. The van der Waals surface area contributed by atoms with E-state index in [-0.39, 0.29) is 16.6 Å². The lowest BCUT2D eigenvalue weighted by atomic mass is 10.1. The molecule has 0 unspecified atom stereocenters. The van der Waals surface area contributed by atoms with Crippen molar-refractivity contribution in [1.29, 1.82) is 0 Å². The summed E-state index contributed by atoms with van der Waals surface area (Å²) in [6, 6.07) is 3.56. The van der Waals surface area contributed by atoms with Crippen LogP contribution in [-0.4, -0.2) is 38.0 Å². The zero-order valence-electron chi connectivity index (χ0n) is 10.5. The van der Waals surface area contributed by atoms with Gasteiger partial charge in [0, 0.05) is 17.6 Å². The summed E-state index contributed by atoms with van der Waals surface area (Å²) >= 11 is 2.99. The van der Waals surface area contributed by atoms with Gasteiger partial charge in [0.25, 0.3) is 5.91 Å². The molecule has 0 aromatic heterocycles. The average molecular weight is 339 g/mol. The van der Waals surface area contributed by atoms with Crippen LogP contribution in [0.1, 0.15) is 15.9 Å². The van der Waals surface area contributed by atoms with Gasteiger partial charge >= 0.3 is 6.18 Å². The van der Waals surface area contributed by atoms with E-state index in [0.29, 0.717) is 6.54 Å². The van der Waals surface area contributed by atoms with E-state index in [4.69, 9.17) is 0 Å². The van der Waals surface area contributed by atoms with Gasteiger partial charge in [0.15, 0.2) is 0 Å². The standard InChI is InChI=1S/C12H14BrF3N2O/c1-18(2)7-6-17-11(19)10-8(12(14,15)16)4-3-5-9(10)13/h3-5H,6-7H2,1-2H3,(H,17,19). The van der Waals surface area contributed by atoms with E-state index in [1.807, 2.05) is 19.0 Å². The third kappa shape index (κ3) is 4.50. The van der Waals surface area contributed by atoms with Gasteiger partial charge < -0.3 is 10.2 Å². The van der Waals surface area contributed by atoms with Crippen molar-refractivity contribution in [3.05, 3.63) is 33.8 Å². The number of halogens is 4. The number of hydrogen-bond acceptors (Lipinski definition) is 2. The molecular weight excluding hydrogens is 325 g/mol. The molecule has 0 bridgehead atoms. The lowest BCUT2D eigenvalue weighted by Crippen LogP contribution is -2.32. The van der Waals surface area contributed by atoms with Gasteiger partial charge in [-0.15, -0.1) is 0 Å². The van der Waals surface area contributed by atoms with Gasteiger partial charge in [-0.05, 0) is 42.2 Å². The molecule has 0 spiro atoms. The van der Waals surface area contributed by atoms with Crippen molar-refractivity contribution in [3.63, 3.8) is 0 Å². The molecule has 19 heavy (non-hydrogen) atoms. The topological polar surface area (TPSA) is 32.3 Å². The van der Waals surface area contributed by atoms with Gasteiger partial charge in [0.1, 0.15) is 0 Å². The number of benzene rings is 1. The lowest BCUT2D eigenvalue weighted by Gasteiger charge is -2.15. The van der Waals surface area contributed by atoms with Crippen LogP contribution >= 0.6 is 15.9 Å². The van der Waals surface area contributed by atoms with Crippen LogP contribution in [0.2, 0.25) is 0 Å². The van der Waals surface area contributed by atoms with Crippen molar-refractivity contribution in [2.75, 3.05) is 27.2 Å². The predicted molar refractivity (Wildman–Crippen MR) is 70.0 cm³/mol. The van der Waals surface area contributed by atoms with Crippen molar-refractivity contribution < 1.29 is 18.0 Å². The molecule has 1 rings (SSSR count). The summed E-state index contributed by atoms with van der Waals surface area (Å²) in [7, 11) is 3.62. The number of nitrogens with one attached hydrogen (secondary N) is 1. The van der Waals surface area contributed by atoms with Crippen molar-refractivity contribution in [2.24, 2.45) is 0 Å². The average Bonchev–Trinajstić information content (AvgIpc) is 2.26. The van der Waals surface area contributed by atoms with Crippen molar-refractivity contribution in [2.45, 2.75) is 6.18 Å². The van der Waals surface area contributed by atoms with E-state index in [1.165, 1.54) is 12.1 Å². The third-order valence-corrected chi connectivity index (χ3v) is 3.05. The van der Waals surface area contributed by atoms with Crippen molar-refractivity contribution >= 4 is 21.8 Å². The first-order valence-electron chi connectivity index (χ1n) is 5.52. The maximum atomic E-state index is 12.8. The Balaban J connectivity index is 2.96. The number of amides is 1. The zero-order chi connectivity index (χ0) is 14.6. The summed E-state index contributed by atoms with van der Waals surface area (Å²) in [4.78, 5) is 13.7. The molecule has 0 saturated heterocycles. The van der Waals surface area contributed by atoms with Crippen LogP contribution < -0.4 is 5.32 Å². The Morgan fingerprint density at radius 1 is 1.37 bits per heavy atom. The molecule has 0 aliphatic heterocycles. The van der Waals surface area contributed by atoms with Gasteiger partial charge in [-0.3, -0.25) is 4.79 Å². The predicted octanol–water partition coefficient (Wildman–Crippen LogP) is 2.76.